The Morgan fingerprint density at radius 1 is 1.15 bits per heavy atom. The van der Waals surface area contributed by atoms with Crippen molar-refractivity contribution >= 4 is 0 Å². The Balaban J connectivity index is 1.89. The summed E-state index contributed by atoms with van der Waals surface area (Å²) in [4.78, 5) is 2.50. The lowest BCUT2D eigenvalue weighted by Gasteiger charge is -2.26. The smallest absolute Gasteiger partial charge is 0.119 e. The predicted octanol–water partition coefficient (Wildman–Crippen LogP) is 3.35. The van der Waals surface area contributed by atoms with Crippen LogP contribution in [0.2, 0.25) is 0 Å². The first-order chi connectivity index (χ1) is 9.85. The lowest BCUT2D eigenvalue weighted by Crippen LogP contribution is -2.31. The van der Waals surface area contributed by atoms with E-state index in [2.05, 4.69) is 36.1 Å². The van der Waals surface area contributed by atoms with Crippen LogP contribution in [0, 0.1) is 0 Å². The molecule has 0 spiro atoms. The number of hydrogen-bond acceptors (Lipinski definition) is 3. The van der Waals surface area contributed by atoms with Gasteiger partial charge in [0.15, 0.2) is 0 Å². The van der Waals surface area contributed by atoms with E-state index >= 15 is 0 Å². The lowest BCUT2D eigenvalue weighted by atomic mass is 10.1. The second-order valence-corrected chi connectivity index (χ2v) is 5.62. The van der Waals surface area contributed by atoms with Crippen molar-refractivity contribution in [2.75, 3.05) is 26.2 Å². The van der Waals surface area contributed by atoms with Crippen LogP contribution in [0.3, 0.4) is 0 Å². The molecule has 1 heterocycles. The Hall–Kier alpha value is -1.06. The maximum atomic E-state index is 5.96. The van der Waals surface area contributed by atoms with E-state index in [0.717, 1.165) is 18.8 Å². The lowest BCUT2D eigenvalue weighted by molar-refractivity contribution is 0.251. The Bertz CT molecular complexity index is 371. The molecule has 112 valence electrons. The summed E-state index contributed by atoms with van der Waals surface area (Å²) in [6.07, 6.45) is 6.21. The van der Waals surface area contributed by atoms with Crippen molar-refractivity contribution in [2.24, 2.45) is 5.73 Å². The quantitative estimate of drug-likeness (QED) is 0.740. The first kappa shape index (κ1) is 15.3. The van der Waals surface area contributed by atoms with E-state index in [4.69, 9.17) is 10.5 Å². The number of nitrogens with two attached hydrogens (primary N) is 1. The van der Waals surface area contributed by atoms with Crippen molar-refractivity contribution < 1.29 is 4.74 Å². The minimum Gasteiger partial charge on any atom is -0.494 e. The van der Waals surface area contributed by atoms with Gasteiger partial charge in [0.25, 0.3) is 0 Å². The number of hydrogen-bond donors (Lipinski definition) is 1. The van der Waals surface area contributed by atoms with Gasteiger partial charge in [-0.2, -0.15) is 0 Å². The van der Waals surface area contributed by atoms with Gasteiger partial charge in [0.2, 0.25) is 0 Å². The Morgan fingerprint density at radius 3 is 2.45 bits per heavy atom. The first-order valence-electron chi connectivity index (χ1n) is 8.02. The van der Waals surface area contributed by atoms with Crippen LogP contribution >= 0.6 is 0 Å². The molecule has 0 saturated carbocycles. The number of rotatable bonds is 8. The third kappa shape index (κ3) is 4.22. The number of nitrogens with zero attached hydrogens (tertiary/aromatic N) is 1. The summed E-state index contributed by atoms with van der Waals surface area (Å²) in [6.45, 7) is 6.07. The molecule has 1 atom stereocenters. The van der Waals surface area contributed by atoms with Gasteiger partial charge in [0, 0.05) is 12.6 Å². The van der Waals surface area contributed by atoms with Crippen molar-refractivity contribution in [1.82, 2.24) is 4.90 Å². The molecular formula is C17H28N2O. The molecule has 20 heavy (non-hydrogen) atoms. The molecule has 1 aromatic carbocycles. The number of likely N-dealkylation sites (tertiary alicyclic amines) is 1. The van der Waals surface area contributed by atoms with Crippen molar-refractivity contribution in [1.29, 1.82) is 0 Å². The molecule has 1 aliphatic rings. The fourth-order valence-corrected chi connectivity index (χ4v) is 2.88. The number of benzene rings is 1. The van der Waals surface area contributed by atoms with E-state index in [1.807, 2.05) is 0 Å². The minimum absolute atomic E-state index is 0.367. The second-order valence-electron chi connectivity index (χ2n) is 5.62. The fourth-order valence-electron chi connectivity index (χ4n) is 2.88. The van der Waals surface area contributed by atoms with Gasteiger partial charge >= 0.3 is 0 Å². The molecule has 0 aromatic heterocycles. The standard InChI is InChI=1S/C17H28N2O/c1-2-3-6-13-20-16-9-7-15(8-10-16)17(14-18)19-11-4-5-12-19/h7-10,17H,2-6,11-14,18H2,1H3. The monoisotopic (exact) mass is 276 g/mol. The SMILES string of the molecule is CCCCCOc1ccc(C(CN)N2CCCC2)cc1. The molecule has 3 nitrogen and oxygen atoms in total. The van der Waals surface area contributed by atoms with E-state index in [0.29, 0.717) is 12.6 Å². The van der Waals surface area contributed by atoms with Crippen molar-refractivity contribution in [3.05, 3.63) is 29.8 Å². The van der Waals surface area contributed by atoms with Crippen molar-refractivity contribution in [3.8, 4) is 5.75 Å². The highest BCUT2D eigenvalue weighted by atomic mass is 16.5. The van der Waals surface area contributed by atoms with E-state index in [9.17, 15) is 0 Å². The Kier molecular flexibility index (Phi) is 6.34. The molecule has 2 rings (SSSR count). The van der Waals surface area contributed by atoms with Crippen molar-refractivity contribution in [2.45, 2.75) is 45.1 Å². The largest absolute Gasteiger partial charge is 0.494 e. The molecular weight excluding hydrogens is 248 g/mol. The summed E-state index contributed by atoms with van der Waals surface area (Å²) in [5.41, 5.74) is 7.28. The second kappa shape index (κ2) is 8.28. The Labute approximate surface area is 123 Å². The van der Waals surface area contributed by atoms with Gasteiger partial charge in [0.05, 0.1) is 6.61 Å². The maximum absolute atomic E-state index is 5.96. The van der Waals surface area contributed by atoms with E-state index in [1.54, 1.807) is 0 Å². The van der Waals surface area contributed by atoms with Gasteiger partial charge in [-0.15, -0.1) is 0 Å². The molecule has 1 fully saturated rings. The molecule has 0 radical (unpaired) electrons. The summed E-state index contributed by atoms with van der Waals surface area (Å²) in [6, 6.07) is 8.88. The summed E-state index contributed by atoms with van der Waals surface area (Å²) in [5, 5.41) is 0. The van der Waals surface area contributed by atoms with Crippen molar-refractivity contribution in [3.63, 3.8) is 0 Å². The molecule has 1 aromatic rings. The zero-order valence-corrected chi connectivity index (χ0v) is 12.7. The van der Waals surface area contributed by atoms with Gasteiger partial charge in [-0.3, -0.25) is 4.90 Å². The Morgan fingerprint density at radius 2 is 1.85 bits per heavy atom. The van der Waals surface area contributed by atoms with Crippen LogP contribution in [-0.4, -0.2) is 31.1 Å². The van der Waals surface area contributed by atoms with Crippen LogP contribution in [0.25, 0.3) is 0 Å². The highest BCUT2D eigenvalue weighted by Crippen LogP contribution is 2.25. The molecule has 2 N–H and O–H groups in total. The van der Waals surface area contributed by atoms with Crippen LogP contribution in [0.1, 0.15) is 50.6 Å². The minimum atomic E-state index is 0.367. The summed E-state index contributed by atoms with van der Waals surface area (Å²) in [7, 11) is 0. The zero-order chi connectivity index (χ0) is 14.2. The van der Waals surface area contributed by atoms with Crippen LogP contribution < -0.4 is 10.5 Å². The normalized spacial score (nSPS) is 17.3. The van der Waals surface area contributed by atoms with Crippen LogP contribution in [0.15, 0.2) is 24.3 Å². The van der Waals surface area contributed by atoms with Crippen LogP contribution in [0.5, 0.6) is 5.75 Å². The predicted molar refractivity (Wildman–Crippen MR) is 84.1 cm³/mol. The third-order valence-electron chi connectivity index (χ3n) is 4.09. The van der Waals surface area contributed by atoms with Crippen LogP contribution in [0.4, 0.5) is 0 Å². The average Bonchev–Trinajstić information content (AvgIpc) is 3.00. The van der Waals surface area contributed by atoms with Gasteiger partial charge in [-0.05, 0) is 50.0 Å². The van der Waals surface area contributed by atoms with E-state index in [-0.39, 0.29) is 0 Å². The highest BCUT2D eigenvalue weighted by molar-refractivity contribution is 5.29. The fraction of sp³-hybridized carbons (Fsp3) is 0.647. The number of ether oxygens (including phenoxy) is 1. The summed E-state index contributed by atoms with van der Waals surface area (Å²) >= 11 is 0. The topological polar surface area (TPSA) is 38.5 Å². The zero-order valence-electron chi connectivity index (χ0n) is 12.7. The van der Waals surface area contributed by atoms with E-state index in [1.165, 1.54) is 44.3 Å². The van der Waals surface area contributed by atoms with E-state index < -0.39 is 0 Å². The molecule has 0 aliphatic carbocycles. The van der Waals surface area contributed by atoms with Gasteiger partial charge in [-0.25, -0.2) is 0 Å². The molecule has 0 amide bonds. The third-order valence-corrected chi connectivity index (χ3v) is 4.09. The molecule has 1 unspecified atom stereocenters. The maximum Gasteiger partial charge on any atom is 0.119 e. The van der Waals surface area contributed by atoms with Crippen LogP contribution in [-0.2, 0) is 0 Å². The summed E-state index contributed by atoms with van der Waals surface area (Å²) in [5.74, 6) is 0.974. The van der Waals surface area contributed by atoms with Gasteiger partial charge in [-0.1, -0.05) is 31.9 Å². The van der Waals surface area contributed by atoms with Gasteiger partial charge < -0.3 is 10.5 Å². The summed E-state index contributed by atoms with van der Waals surface area (Å²) < 4.78 is 5.76. The van der Waals surface area contributed by atoms with Gasteiger partial charge in [0.1, 0.15) is 5.75 Å². The molecule has 3 heteroatoms. The molecule has 1 saturated heterocycles. The highest BCUT2D eigenvalue weighted by Gasteiger charge is 2.21. The molecule has 0 bridgehead atoms. The molecule has 1 aliphatic heterocycles. The number of unbranched alkanes of at least 4 members (excludes halogenated alkanes) is 2. The first-order valence-corrected chi connectivity index (χ1v) is 8.02. The average molecular weight is 276 g/mol.